The van der Waals surface area contributed by atoms with E-state index in [1.807, 2.05) is 56.3 Å². The summed E-state index contributed by atoms with van der Waals surface area (Å²) in [4.78, 5) is 22.7. The average Bonchev–Trinajstić information content (AvgIpc) is 3.26. The lowest BCUT2D eigenvalue weighted by atomic mass is 9.96. The number of hydrogen-bond donors (Lipinski definition) is 3. The van der Waals surface area contributed by atoms with Crippen molar-refractivity contribution < 1.29 is 4.79 Å². The molecule has 1 saturated heterocycles. The standard InChI is InChI=1S/C24H27N5OS/c1-15-8-4-5-9-19(15)27-21(30)11-13-29-23(18-14-16(2)26-17(18)3)22(28-24(29)31)20-10-6-7-12-25-20/h4-10,12,14,22-23,26H,11,13H2,1-3H3,(H,27,30)(H,28,31)/t22-,23+/m0/s1. The zero-order valence-electron chi connectivity index (χ0n) is 18.0. The third kappa shape index (κ3) is 4.46. The summed E-state index contributed by atoms with van der Waals surface area (Å²) in [5, 5.41) is 7.09. The number of carbonyl (C=O) groups is 1. The number of aromatic nitrogens is 2. The molecule has 0 bridgehead atoms. The molecule has 0 saturated carbocycles. The number of para-hydroxylation sites is 1. The van der Waals surface area contributed by atoms with Crippen LogP contribution in [0.4, 0.5) is 5.69 Å². The summed E-state index contributed by atoms with van der Waals surface area (Å²) < 4.78 is 0. The zero-order valence-corrected chi connectivity index (χ0v) is 18.8. The lowest BCUT2D eigenvalue weighted by Crippen LogP contribution is -2.32. The number of thiocarbonyl (C=S) groups is 1. The molecule has 1 aliphatic heterocycles. The molecule has 7 heteroatoms. The molecule has 1 aromatic carbocycles. The summed E-state index contributed by atoms with van der Waals surface area (Å²) in [5.41, 5.74) is 6.18. The van der Waals surface area contributed by atoms with Gasteiger partial charge < -0.3 is 20.5 Å². The van der Waals surface area contributed by atoms with E-state index >= 15 is 0 Å². The van der Waals surface area contributed by atoms with Crippen molar-refractivity contribution in [1.82, 2.24) is 20.2 Å². The highest BCUT2D eigenvalue weighted by atomic mass is 32.1. The van der Waals surface area contributed by atoms with Crippen LogP contribution in [0.2, 0.25) is 0 Å². The molecule has 0 spiro atoms. The van der Waals surface area contributed by atoms with Crippen molar-refractivity contribution in [2.24, 2.45) is 0 Å². The van der Waals surface area contributed by atoms with Crippen LogP contribution in [0.5, 0.6) is 0 Å². The molecule has 4 rings (SSSR count). The first-order chi connectivity index (χ1) is 14.9. The fourth-order valence-corrected chi connectivity index (χ4v) is 4.52. The highest BCUT2D eigenvalue weighted by molar-refractivity contribution is 7.80. The van der Waals surface area contributed by atoms with Crippen molar-refractivity contribution in [3.8, 4) is 0 Å². The number of pyridine rings is 1. The van der Waals surface area contributed by atoms with Crippen molar-refractivity contribution in [1.29, 1.82) is 0 Å². The number of aromatic amines is 1. The number of anilines is 1. The number of nitrogens with one attached hydrogen (secondary N) is 3. The van der Waals surface area contributed by atoms with Gasteiger partial charge in [-0.25, -0.2) is 0 Å². The maximum atomic E-state index is 12.7. The van der Waals surface area contributed by atoms with Gasteiger partial charge in [-0.1, -0.05) is 24.3 Å². The number of H-pyrrole nitrogens is 1. The lowest BCUT2D eigenvalue weighted by molar-refractivity contribution is -0.116. The summed E-state index contributed by atoms with van der Waals surface area (Å²) in [5.74, 6) is -0.0286. The van der Waals surface area contributed by atoms with Gasteiger partial charge in [0.25, 0.3) is 0 Å². The van der Waals surface area contributed by atoms with Gasteiger partial charge in [-0.15, -0.1) is 0 Å². The Hall–Kier alpha value is -3.19. The first kappa shape index (κ1) is 21.1. The van der Waals surface area contributed by atoms with Gasteiger partial charge in [0.15, 0.2) is 5.11 Å². The maximum absolute atomic E-state index is 12.7. The smallest absolute Gasteiger partial charge is 0.226 e. The van der Waals surface area contributed by atoms with E-state index < -0.39 is 0 Å². The summed E-state index contributed by atoms with van der Waals surface area (Å²) in [6.45, 7) is 6.62. The van der Waals surface area contributed by atoms with Gasteiger partial charge in [0, 0.05) is 36.2 Å². The van der Waals surface area contributed by atoms with Crippen molar-refractivity contribution in [3.05, 3.63) is 82.9 Å². The monoisotopic (exact) mass is 433 g/mol. The van der Waals surface area contributed by atoms with Crippen LogP contribution in [0.15, 0.2) is 54.7 Å². The van der Waals surface area contributed by atoms with Crippen molar-refractivity contribution >= 4 is 28.9 Å². The molecule has 1 fully saturated rings. The number of hydrogen-bond acceptors (Lipinski definition) is 3. The van der Waals surface area contributed by atoms with Crippen molar-refractivity contribution in [2.75, 3.05) is 11.9 Å². The Bertz CT molecular complexity index is 1090. The number of carbonyl (C=O) groups excluding carboxylic acids is 1. The molecule has 160 valence electrons. The largest absolute Gasteiger partial charge is 0.362 e. The number of amides is 1. The minimum Gasteiger partial charge on any atom is -0.362 e. The number of benzene rings is 1. The zero-order chi connectivity index (χ0) is 22.0. The molecular weight excluding hydrogens is 406 g/mol. The summed E-state index contributed by atoms with van der Waals surface area (Å²) in [7, 11) is 0. The van der Waals surface area contributed by atoms with Crippen LogP contribution in [-0.2, 0) is 4.79 Å². The Morgan fingerprint density at radius 2 is 1.94 bits per heavy atom. The minimum absolute atomic E-state index is 0.0286. The lowest BCUT2D eigenvalue weighted by Gasteiger charge is -2.27. The molecule has 2 aromatic heterocycles. The maximum Gasteiger partial charge on any atom is 0.226 e. The summed E-state index contributed by atoms with van der Waals surface area (Å²) >= 11 is 5.69. The minimum atomic E-state index is -0.0815. The average molecular weight is 434 g/mol. The fraction of sp³-hybridized carbons (Fsp3) is 0.292. The van der Waals surface area contributed by atoms with Crippen molar-refractivity contribution in [3.63, 3.8) is 0 Å². The molecule has 2 atom stereocenters. The Morgan fingerprint density at radius 1 is 1.16 bits per heavy atom. The van der Waals surface area contributed by atoms with Crippen LogP contribution < -0.4 is 10.6 Å². The van der Waals surface area contributed by atoms with Gasteiger partial charge in [-0.05, 0) is 68.4 Å². The van der Waals surface area contributed by atoms with Gasteiger partial charge in [-0.3, -0.25) is 9.78 Å². The molecule has 0 unspecified atom stereocenters. The van der Waals surface area contributed by atoms with E-state index in [-0.39, 0.29) is 18.0 Å². The number of rotatable bonds is 6. The molecule has 1 amide bonds. The van der Waals surface area contributed by atoms with E-state index in [9.17, 15) is 4.79 Å². The van der Waals surface area contributed by atoms with E-state index in [2.05, 4.69) is 38.5 Å². The summed E-state index contributed by atoms with van der Waals surface area (Å²) in [6.07, 6.45) is 2.13. The molecule has 0 aliphatic carbocycles. The Morgan fingerprint density at radius 3 is 2.61 bits per heavy atom. The SMILES string of the molecule is Cc1cc([C@@H]2[C@H](c3ccccn3)NC(=S)N2CCC(=O)Nc2ccccc2C)c(C)[nH]1. The van der Waals surface area contributed by atoms with Gasteiger partial charge in [0.05, 0.1) is 17.8 Å². The van der Waals surface area contributed by atoms with E-state index in [1.54, 1.807) is 6.20 Å². The Balaban J connectivity index is 1.56. The van der Waals surface area contributed by atoms with E-state index in [0.29, 0.717) is 18.1 Å². The highest BCUT2D eigenvalue weighted by Crippen LogP contribution is 2.40. The molecular formula is C24H27N5OS. The van der Waals surface area contributed by atoms with Gasteiger partial charge in [-0.2, -0.15) is 0 Å². The predicted molar refractivity (Wildman–Crippen MR) is 127 cm³/mol. The fourth-order valence-electron chi connectivity index (χ4n) is 4.19. The van der Waals surface area contributed by atoms with Crippen molar-refractivity contribution in [2.45, 2.75) is 39.3 Å². The first-order valence-corrected chi connectivity index (χ1v) is 10.8. The van der Waals surface area contributed by atoms with Gasteiger partial charge >= 0.3 is 0 Å². The first-order valence-electron chi connectivity index (χ1n) is 10.4. The van der Waals surface area contributed by atoms with Crippen LogP contribution in [-0.4, -0.2) is 32.4 Å². The highest BCUT2D eigenvalue weighted by Gasteiger charge is 2.40. The van der Waals surface area contributed by atoms with Crippen LogP contribution in [0.3, 0.4) is 0 Å². The molecule has 3 aromatic rings. The van der Waals surface area contributed by atoms with Crippen LogP contribution in [0.25, 0.3) is 0 Å². The van der Waals surface area contributed by atoms with E-state index in [1.165, 1.54) is 5.56 Å². The van der Waals surface area contributed by atoms with Crippen LogP contribution in [0, 0.1) is 20.8 Å². The third-order valence-corrected chi connectivity index (χ3v) is 6.06. The molecule has 6 nitrogen and oxygen atoms in total. The second kappa shape index (κ2) is 8.89. The molecule has 31 heavy (non-hydrogen) atoms. The van der Waals surface area contributed by atoms with E-state index in [0.717, 1.165) is 28.3 Å². The second-order valence-electron chi connectivity index (χ2n) is 7.97. The van der Waals surface area contributed by atoms with E-state index in [4.69, 9.17) is 12.2 Å². The van der Waals surface area contributed by atoms with Gasteiger partial charge in [0.2, 0.25) is 5.91 Å². The number of nitrogens with zero attached hydrogens (tertiary/aromatic N) is 2. The predicted octanol–water partition coefficient (Wildman–Crippen LogP) is 4.34. The molecule has 1 aliphatic rings. The third-order valence-electron chi connectivity index (χ3n) is 5.71. The van der Waals surface area contributed by atoms with Crippen LogP contribution >= 0.6 is 12.2 Å². The normalized spacial score (nSPS) is 18.2. The quantitative estimate of drug-likeness (QED) is 0.505. The second-order valence-corrected chi connectivity index (χ2v) is 8.35. The van der Waals surface area contributed by atoms with Crippen LogP contribution in [0.1, 0.15) is 46.7 Å². The van der Waals surface area contributed by atoms with Gasteiger partial charge in [0.1, 0.15) is 0 Å². The Labute approximate surface area is 188 Å². The summed E-state index contributed by atoms with van der Waals surface area (Å²) in [6, 6.07) is 15.7. The topological polar surface area (TPSA) is 73.1 Å². The molecule has 3 N–H and O–H groups in total. The molecule has 3 heterocycles. The number of aryl methyl sites for hydroxylation is 3. The molecule has 0 radical (unpaired) electrons. The Kier molecular flexibility index (Phi) is 6.04.